The monoisotopic (exact) mass is 378 g/mol. The first-order valence-electron chi connectivity index (χ1n) is 9.54. The minimum atomic E-state index is 0.106. The molecule has 2 N–H and O–H groups in total. The zero-order valence-electron chi connectivity index (χ0n) is 15.6. The van der Waals surface area contributed by atoms with Gasteiger partial charge >= 0.3 is 6.01 Å². The van der Waals surface area contributed by atoms with E-state index in [4.69, 9.17) is 4.74 Å². The molecule has 0 saturated carbocycles. The summed E-state index contributed by atoms with van der Waals surface area (Å²) in [4.78, 5) is 8.33. The van der Waals surface area contributed by atoms with E-state index in [1.807, 2.05) is 16.8 Å². The van der Waals surface area contributed by atoms with Crippen molar-refractivity contribution in [3.8, 4) is 28.7 Å². The highest BCUT2D eigenvalue weighted by Gasteiger charge is 2.42. The molecule has 1 aromatic carbocycles. The molecule has 4 heterocycles. The van der Waals surface area contributed by atoms with E-state index < -0.39 is 0 Å². The van der Waals surface area contributed by atoms with Crippen LogP contribution in [0.15, 0.2) is 43.1 Å². The second kappa shape index (κ2) is 6.56. The Bertz CT molecular complexity index is 975. The molecule has 2 aliphatic heterocycles. The molecule has 3 atom stereocenters. The quantitative estimate of drug-likeness (QED) is 0.720. The highest BCUT2D eigenvalue weighted by atomic mass is 16.5. The number of hydrogen-bond acceptors (Lipinski definition) is 7. The molecule has 5 rings (SSSR count). The average Bonchev–Trinajstić information content (AvgIpc) is 3.30. The number of benzene rings is 1. The Morgan fingerprint density at radius 1 is 1.32 bits per heavy atom. The van der Waals surface area contributed by atoms with Crippen molar-refractivity contribution in [3.05, 3.63) is 43.1 Å². The molecule has 144 valence electrons. The van der Waals surface area contributed by atoms with Crippen LogP contribution in [0.3, 0.4) is 0 Å². The smallest absolute Gasteiger partial charge is 0.335 e. The molecule has 0 amide bonds. The summed E-state index contributed by atoms with van der Waals surface area (Å²) < 4.78 is 7.81. The third-order valence-corrected chi connectivity index (χ3v) is 5.70. The van der Waals surface area contributed by atoms with Gasteiger partial charge in [0.1, 0.15) is 17.5 Å². The fraction of sp³-hybridized carbons (Fsp3) is 0.400. The molecule has 1 unspecified atom stereocenters. The standard InChI is InChI=1S/C20H22N6O2/c1-20-5-4-13(23-20)8-15(10-20)28-19-22-11-17(24-25-19)16-3-2-14(9-18(16)27)26-7-6-21-12-26/h2-3,6-7,9,11-13,15,23,27H,4-5,8,10H2,1H3/t13?,15-,20+/m0/s1. The topological polar surface area (TPSA) is 98.0 Å². The number of phenols is 1. The van der Waals surface area contributed by atoms with Gasteiger partial charge in [-0.3, -0.25) is 0 Å². The van der Waals surface area contributed by atoms with Crippen molar-refractivity contribution in [1.82, 2.24) is 30.0 Å². The van der Waals surface area contributed by atoms with Crippen LogP contribution in [0, 0.1) is 0 Å². The fourth-order valence-electron chi connectivity index (χ4n) is 4.36. The second-order valence-corrected chi connectivity index (χ2v) is 7.92. The zero-order chi connectivity index (χ0) is 19.1. The predicted octanol–water partition coefficient (Wildman–Crippen LogP) is 2.48. The summed E-state index contributed by atoms with van der Waals surface area (Å²) in [6.07, 6.45) is 11.2. The molecule has 2 aromatic heterocycles. The third-order valence-electron chi connectivity index (χ3n) is 5.70. The van der Waals surface area contributed by atoms with Gasteiger partial charge in [-0.15, -0.1) is 5.10 Å². The minimum absolute atomic E-state index is 0.106. The van der Waals surface area contributed by atoms with Gasteiger partial charge in [0, 0.05) is 42.0 Å². The van der Waals surface area contributed by atoms with E-state index in [1.54, 1.807) is 30.9 Å². The maximum atomic E-state index is 10.4. The minimum Gasteiger partial charge on any atom is -0.507 e. The van der Waals surface area contributed by atoms with E-state index in [-0.39, 0.29) is 23.4 Å². The van der Waals surface area contributed by atoms with Crippen LogP contribution in [-0.4, -0.2) is 47.5 Å². The summed E-state index contributed by atoms with van der Waals surface area (Å²) in [5.74, 6) is 0.110. The van der Waals surface area contributed by atoms with E-state index >= 15 is 0 Å². The van der Waals surface area contributed by atoms with Crippen LogP contribution in [0.4, 0.5) is 0 Å². The van der Waals surface area contributed by atoms with Crippen molar-refractivity contribution in [1.29, 1.82) is 0 Å². The Morgan fingerprint density at radius 2 is 2.25 bits per heavy atom. The molecule has 0 aliphatic carbocycles. The molecular formula is C20H22N6O2. The maximum Gasteiger partial charge on any atom is 0.335 e. The summed E-state index contributed by atoms with van der Waals surface area (Å²) >= 11 is 0. The lowest BCUT2D eigenvalue weighted by atomic mass is 9.91. The van der Waals surface area contributed by atoms with Gasteiger partial charge in [-0.05, 0) is 38.3 Å². The molecule has 3 aromatic rings. The van der Waals surface area contributed by atoms with E-state index in [0.717, 1.165) is 18.5 Å². The molecule has 2 fully saturated rings. The Morgan fingerprint density at radius 3 is 2.96 bits per heavy atom. The van der Waals surface area contributed by atoms with Gasteiger partial charge in [-0.1, -0.05) is 5.10 Å². The number of ether oxygens (including phenoxy) is 1. The first-order valence-corrected chi connectivity index (χ1v) is 9.54. The van der Waals surface area contributed by atoms with Gasteiger partial charge in [0.15, 0.2) is 0 Å². The lowest BCUT2D eigenvalue weighted by Gasteiger charge is -2.35. The highest BCUT2D eigenvalue weighted by molar-refractivity contribution is 5.67. The van der Waals surface area contributed by atoms with Crippen molar-refractivity contribution >= 4 is 0 Å². The van der Waals surface area contributed by atoms with Crippen LogP contribution in [0.5, 0.6) is 11.8 Å². The molecule has 2 saturated heterocycles. The number of aromatic hydroxyl groups is 1. The number of nitrogens with zero attached hydrogens (tertiary/aromatic N) is 5. The van der Waals surface area contributed by atoms with Crippen LogP contribution < -0.4 is 10.1 Å². The average molecular weight is 378 g/mol. The van der Waals surface area contributed by atoms with E-state index in [1.165, 1.54) is 12.8 Å². The van der Waals surface area contributed by atoms with Gasteiger partial charge in [-0.25, -0.2) is 9.97 Å². The first-order chi connectivity index (χ1) is 13.6. The Hall–Kier alpha value is -3.00. The Kier molecular flexibility index (Phi) is 4.01. The van der Waals surface area contributed by atoms with Gasteiger partial charge < -0.3 is 19.7 Å². The molecule has 0 radical (unpaired) electrons. The van der Waals surface area contributed by atoms with Gasteiger partial charge in [0.2, 0.25) is 0 Å². The zero-order valence-corrected chi connectivity index (χ0v) is 15.6. The number of aromatic nitrogens is 5. The number of piperidine rings is 1. The molecule has 8 nitrogen and oxygen atoms in total. The van der Waals surface area contributed by atoms with Gasteiger partial charge in [0.25, 0.3) is 0 Å². The number of fused-ring (bicyclic) bond motifs is 2. The summed E-state index contributed by atoms with van der Waals surface area (Å²) in [6.45, 7) is 2.25. The molecule has 2 bridgehead atoms. The van der Waals surface area contributed by atoms with Crippen molar-refractivity contribution in [2.24, 2.45) is 0 Å². The van der Waals surface area contributed by atoms with Crippen LogP contribution in [-0.2, 0) is 0 Å². The Labute approximate surface area is 162 Å². The molecule has 28 heavy (non-hydrogen) atoms. The lowest BCUT2D eigenvalue weighted by Crippen LogP contribution is -2.50. The summed E-state index contributed by atoms with van der Waals surface area (Å²) in [5, 5.41) is 22.4. The largest absolute Gasteiger partial charge is 0.507 e. The summed E-state index contributed by atoms with van der Waals surface area (Å²) in [5.41, 5.74) is 2.04. The predicted molar refractivity (Wildman–Crippen MR) is 102 cm³/mol. The van der Waals surface area contributed by atoms with Crippen molar-refractivity contribution < 1.29 is 9.84 Å². The van der Waals surface area contributed by atoms with E-state index in [9.17, 15) is 5.11 Å². The van der Waals surface area contributed by atoms with Gasteiger partial charge in [0.05, 0.1) is 18.2 Å². The lowest BCUT2D eigenvalue weighted by molar-refractivity contribution is 0.0976. The first kappa shape index (κ1) is 17.1. The van der Waals surface area contributed by atoms with E-state index in [0.29, 0.717) is 17.3 Å². The number of phenolic OH excluding ortho intramolecular Hbond substituents is 1. The van der Waals surface area contributed by atoms with Crippen molar-refractivity contribution in [2.75, 3.05) is 0 Å². The number of imidazole rings is 1. The second-order valence-electron chi connectivity index (χ2n) is 7.92. The third kappa shape index (κ3) is 3.20. The summed E-state index contributed by atoms with van der Waals surface area (Å²) in [7, 11) is 0. The van der Waals surface area contributed by atoms with Crippen molar-refractivity contribution in [3.63, 3.8) is 0 Å². The summed E-state index contributed by atoms with van der Waals surface area (Å²) in [6, 6.07) is 6.14. The van der Waals surface area contributed by atoms with Crippen LogP contribution in [0.1, 0.15) is 32.6 Å². The Balaban J connectivity index is 1.31. The molecule has 8 heteroatoms. The maximum absolute atomic E-state index is 10.4. The highest BCUT2D eigenvalue weighted by Crippen LogP contribution is 2.36. The van der Waals surface area contributed by atoms with E-state index in [2.05, 4.69) is 32.4 Å². The van der Waals surface area contributed by atoms with Crippen LogP contribution in [0.25, 0.3) is 16.9 Å². The molecule has 2 aliphatic rings. The number of nitrogens with one attached hydrogen (secondary N) is 1. The molecular weight excluding hydrogens is 356 g/mol. The fourth-order valence-corrected chi connectivity index (χ4v) is 4.36. The normalized spacial score (nSPS) is 26.3. The number of hydrogen-bond donors (Lipinski definition) is 2. The van der Waals surface area contributed by atoms with Crippen LogP contribution in [0.2, 0.25) is 0 Å². The SMILES string of the molecule is C[C@@]12CCC(C[C@H](Oc3ncc(-c4ccc(-n5ccnc5)cc4O)nn3)C1)N2. The number of rotatable bonds is 4. The van der Waals surface area contributed by atoms with Gasteiger partial charge in [-0.2, -0.15) is 0 Å². The van der Waals surface area contributed by atoms with Crippen LogP contribution >= 0.6 is 0 Å². The van der Waals surface area contributed by atoms with Crippen molar-refractivity contribution in [2.45, 2.75) is 50.3 Å². The molecule has 0 spiro atoms.